The van der Waals surface area contributed by atoms with Gasteiger partial charge in [0.2, 0.25) is 5.91 Å². The lowest BCUT2D eigenvalue weighted by Gasteiger charge is -2.41. The number of rotatable bonds is 6. The van der Waals surface area contributed by atoms with Gasteiger partial charge in [-0.2, -0.15) is 0 Å². The summed E-state index contributed by atoms with van der Waals surface area (Å²) in [5.41, 5.74) is 3.94. The standard InChI is InChI=1S/C30H37F2N5O/c1-20(2)25(9-7-21(3)29(38)36-13-11-35(6)12-14-36)22-16-27-28(33-17-22)34-30(4,5)19-37(27)18-23-15-24(31)8-10-26(23)32/h7-10,15-17H,1,11-14,18-19H2,2-6H3,(H,33,34)/b21-7+,25-9+. The Morgan fingerprint density at radius 3 is 2.53 bits per heavy atom. The summed E-state index contributed by atoms with van der Waals surface area (Å²) in [6.45, 7) is 15.9. The number of likely N-dealkylation sites (N-methyl/N-ethyl adjacent to an activating group) is 1. The molecule has 1 aromatic carbocycles. The van der Waals surface area contributed by atoms with Gasteiger partial charge >= 0.3 is 0 Å². The van der Waals surface area contributed by atoms with Crippen LogP contribution in [0, 0.1) is 11.6 Å². The number of carbonyl (C=O) groups excluding carboxylic acids is 1. The van der Waals surface area contributed by atoms with E-state index in [0.29, 0.717) is 17.9 Å². The summed E-state index contributed by atoms with van der Waals surface area (Å²) in [4.78, 5) is 23.8. The third kappa shape index (κ3) is 6.30. The topological polar surface area (TPSA) is 51.7 Å². The van der Waals surface area contributed by atoms with Crippen molar-refractivity contribution in [3.63, 3.8) is 0 Å². The fourth-order valence-corrected chi connectivity index (χ4v) is 4.89. The van der Waals surface area contributed by atoms with E-state index in [1.54, 1.807) is 6.20 Å². The highest BCUT2D eigenvalue weighted by atomic mass is 19.1. The van der Waals surface area contributed by atoms with Crippen LogP contribution in [-0.2, 0) is 11.3 Å². The largest absolute Gasteiger partial charge is 0.362 e. The number of hydrogen-bond acceptors (Lipinski definition) is 5. The summed E-state index contributed by atoms with van der Waals surface area (Å²) >= 11 is 0. The number of hydrogen-bond donors (Lipinski definition) is 1. The molecule has 1 N–H and O–H groups in total. The van der Waals surface area contributed by atoms with Crippen molar-refractivity contribution in [1.82, 2.24) is 14.8 Å². The fourth-order valence-electron chi connectivity index (χ4n) is 4.89. The van der Waals surface area contributed by atoms with E-state index < -0.39 is 11.6 Å². The van der Waals surface area contributed by atoms with Crippen molar-refractivity contribution in [1.29, 1.82) is 0 Å². The number of nitrogens with zero attached hydrogens (tertiary/aromatic N) is 4. The van der Waals surface area contributed by atoms with Gasteiger partial charge in [-0.15, -0.1) is 0 Å². The zero-order valence-corrected chi connectivity index (χ0v) is 22.9. The summed E-state index contributed by atoms with van der Waals surface area (Å²) in [6, 6.07) is 5.52. The van der Waals surface area contributed by atoms with E-state index >= 15 is 0 Å². The van der Waals surface area contributed by atoms with E-state index in [2.05, 4.69) is 28.8 Å². The first kappa shape index (κ1) is 27.5. The predicted molar refractivity (Wildman–Crippen MR) is 150 cm³/mol. The lowest BCUT2D eigenvalue weighted by Crippen LogP contribution is -2.48. The van der Waals surface area contributed by atoms with Crippen LogP contribution in [0.2, 0.25) is 0 Å². The van der Waals surface area contributed by atoms with Crippen molar-refractivity contribution in [2.75, 3.05) is 50.0 Å². The molecule has 2 aliphatic heterocycles. The first-order valence-electron chi connectivity index (χ1n) is 12.9. The lowest BCUT2D eigenvalue weighted by atomic mass is 9.96. The third-order valence-electron chi connectivity index (χ3n) is 7.02. The van der Waals surface area contributed by atoms with Crippen molar-refractivity contribution in [2.45, 2.75) is 39.8 Å². The van der Waals surface area contributed by atoms with E-state index in [4.69, 9.17) is 0 Å². The van der Waals surface area contributed by atoms with Crippen molar-refractivity contribution in [3.8, 4) is 0 Å². The number of aromatic nitrogens is 1. The minimum atomic E-state index is -0.469. The number of fused-ring (bicyclic) bond motifs is 1. The Kier molecular flexibility index (Phi) is 8.02. The van der Waals surface area contributed by atoms with Crippen molar-refractivity contribution in [2.24, 2.45) is 0 Å². The Bertz CT molecular complexity index is 1290. The van der Waals surface area contributed by atoms with Gasteiger partial charge in [0.15, 0.2) is 0 Å². The van der Waals surface area contributed by atoms with Crippen molar-refractivity contribution in [3.05, 3.63) is 83.1 Å². The Balaban J connectivity index is 1.65. The molecule has 0 spiro atoms. The third-order valence-corrected chi connectivity index (χ3v) is 7.02. The Morgan fingerprint density at radius 2 is 1.84 bits per heavy atom. The van der Waals surface area contributed by atoms with Crippen LogP contribution in [0.3, 0.4) is 0 Å². The maximum atomic E-state index is 14.5. The predicted octanol–water partition coefficient (Wildman–Crippen LogP) is 5.25. The van der Waals surface area contributed by atoms with E-state index in [9.17, 15) is 13.6 Å². The first-order chi connectivity index (χ1) is 17.9. The molecule has 2 aromatic rings. The second-order valence-corrected chi connectivity index (χ2v) is 11.0. The number of nitrogens with one attached hydrogen (secondary N) is 1. The van der Waals surface area contributed by atoms with Crippen LogP contribution in [0.1, 0.15) is 38.8 Å². The molecule has 1 fully saturated rings. The van der Waals surface area contributed by atoms with Gasteiger partial charge in [-0.3, -0.25) is 4.79 Å². The Morgan fingerprint density at radius 1 is 1.13 bits per heavy atom. The second kappa shape index (κ2) is 11.1. The van der Waals surface area contributed by atoms with Crippen LogP contribution in [0.25, 0.3) is 5.57 Å². The maximum Gasteiger partial charge on any atom is 0.249 e. The normalized spacial score (nSPS) is 18.2. The van der Waals surface area contributed by atoms with Gasteiger partial charge in [0.25, 0.3) is 0 Å². The number of anilines is 2. The number of carbonyl (C=O) groups is 1. The molecule has 0 radical (unpaired) electrons. The molecule has 202 valence electrons. The first-order valence-corrected chi connectivity index (χ1v) is 12.9. The fraction of sp³-hybridized carbons (Fsp3) is 0.400. The molecule has 1 amide bonds. The molecule has 2 aliphatic rings. The van der Waals surface area contributed by atoms with Crippen molar-refractivity contribution < 1.29 is 13.6 Å². The quantitative estimate of drug-likeness (QED) is 0.416. The second-order valence-electron chi connectivity index (χ2n) is 11.0. The highest BCUT2D eigenvalue weighted by molar-refractivity contribution is 5.94. The van der Waals surface area contributed by atoms with E-state index in [1.807, 2.05) is 55.7 Å². The van der Waals surface area contributed by atoms with Gasteiger partial charge in [0.1, 0.15) is 17.5 Å². The maximum absolute atomic E-state index is 14.5. The number of allylic oxidation sites excluding steroid dienone is 4. The lowest BCUT2D eigenvalue weighted by molar-refractivity contribution is -0.128. The van der Waals surface area contributed by atoms with Gasteiger partial charge < -0.3 is 20.0 Å². The molecule has 0 saturated carbocycles. The number of halogens is 2. The van der Waals surface area contributed by atoms with Crippen molar-refractivity contribution >= 4 is 23.0 Å². The molecule has 38 heavy (non-hydrogen) atoms. The number of pyridine rings is 1. The van der Waals surface area contributed by atoms with Crippen LogP contribution < -0.4 is 10.2 Å². The average molecular weight is 522 g/mol. The Hall–Kier alpha value is -3.52. The number of benzene rings is 1. The van der Waals surface area contributed by atoms with Gasteiger partial charge in [0.05, 0.1) is 11.2 Å². The summed E-state index contributed by atoms with van der Waals surface area (Å²) < 4.78 is 28.4. The van der Waals surface area contributed by atoms with Gasteiger partial charge in [0, 0.05) is 62.2 Å². The number of amides is 1. The SMILES string of the molecule is C=C(C)/C(=C\C=C(/C)C(=O)N1CCN(C)CC1)c1cnc2c(c1)N(Cc1cc(F)ccc1F)CC(C)(C)N2. The monoisotopic (exact) mass is 521 g/mol. The highest BCUT2D eigenvalue weighted by Gasteiger charge is 2.31. The van der Waals surface area contributed by atoms with Crippen LogP contribution in [0.15, 0.2) is 60.3 Å². The molecule has 8 heteroatoms. The summed E-state index contributed by atoms with van der Waals surface area (Å²) in [5.74, 6) is -0.196. The van der Waals surface area contributed by atoms with Crippen LogP contribution in [-0.4, -0.2) is 66.0 Å². The molecule has 0 aliphatic carbocycles. The summed E-state index contributed by atoms with van der Waals surface area (Å²) in [5, 5.41) is 3.45. The highest BCUT2D eigenvalue weighted by Crippen LogP contribution is 2.37. The molecule has 0 atom stereocenters. The molecular formula is C30H37F2N5O. The van der Waals surface area contributed by atoms with Crippen LogP contribution >= 0.6 is 0 Å². The Labute approximate surface area is 224 Å². The summed E-state index contributed by atoms with van der Waals surface area (Å²) in [6.07, 6.45) is 5.53. The zero-order chi connectivity index (χ0) is 27.6. The zero-order valence-electron chi connectivity index (χ0n) is 22.9. The van der Waals surface area contributed by atoms with E-state index in [1.165, 1.54) is 6.07 Å². The smallest absolute Gasteiger partial charge is 0.249 e. The molecule has 0 bridgehead atoms. The molecule has 1 saturated heterocycles. The summed E-state index contributed by atoms with van der Waals surface area (Å²) in [7, 11) is 2.06. The minimum absolute atomic E-state index is 0.0358. The average Bonchev–Trinajstić information content (AvgIpc) is 2.85. The molecular weight excluding hydrogens is 484 g/mol. The van der Waals surface area contributed by atoms with Gasteiger partial charge in [-0.05, 0) is 64.6 Å². The van der Waals surface area contributed by atoms with E-state index in [-0.39, 0.29) is 23.6 Å². The van der Waals surface area contributed by atoms with Crippen LogP contribution in [0.5, 0.6) is 0 Å². The number of piperazine rings is 1. The minimum Gasteiger partial charge on any atom is -0.362 e. The van der Waals surface area contributed by atoms with Gasteiger partial charge in [-0.25, -0.2) is 13.8 Å². The molecule has 0 unspecified atom stereocenters. The molecule has 4 rings (SSSR count). The molecule has 6 nitrogen and oxygen atoms in total. The van der Waals surface area contributed by atoms with Gasteiger partial charge in [-0.1, -0.05) is 24.3 Å². The van der Waals surface area contributed by atoms with Crippen LogP contribution in [0.4, 0.5) is 20.3 Å². The van der Waals surface area contributed by atoms with E-state index in [0.717, 1.165) is 60.7 Å². The molecule has 1 aromatic heterocycles. The molecule has 3 heterocycles.